The maximum absolute atomic E-state index is 13.6. The van der Waals surface area contributed by atoms with Gasteiger partial charge in [-0.3, -0.25) is 9.59 Å². The van der Waals surface area contributed by atoms with Crippen molar-refractivity contribution in [3.8, 4) is 0 Å². The molecular formula is C28H37N5O5S. The number of nitrogens with one attached hydrogen (secondary N) is 2. The summed E-state index contributed by atoms with van der Waals surface area (Å²) >= 11 is 0. The number of hydrogen-bond donors (Lipinski definition) is 3. The van der Waals surface area contributed by atoms with Gasteiger partial charge in [0.05, 0.1) is 16.8 Å². The number of aromatic nitrogens is 2. The molecule has 4 aliphatic rings. The van der Waals surface area contributed by atoms with E-state index in [1.54, 1.807) is 4.68 Å². The van der Waals surface area contributed by atoms with Gasteiger partial charge in [-0.25, -0.2) is 13.1 Å². The van der Waals surface area contributed by atoms with E-state index in [1.807, 2.05) is 13.8 Å². The van der Waals surface area contributed by atoms with Crippen LogP contribution < -0.4 is 15.5 Å². The van der Waals surface area contributed by atoms with Crippen LogP contribution in [0, 0.1) is 11.8 Å². The zero-order valence-corrected chi connectivity index (χ0v) is 23.6. The fourth-order valence-electron chi connectivity index (χ4n) is 6.27. The van der Waals surface area contributed by atoms with Crippen molar-refractivity contribution in [1.29, 1.82) is 0 Å². The van der Waals surface area contributed by atoms with E-state index in [0.717, 1.165) is 49.9 Å². The van der Waals surface area contributed by atoms with Gasteiger partial charge in [0.15, 0.2) is 9.84 Å². The Morgan fingerprint density at radius 1 is 1.28 bits per heavy atom. The van der Waals surface area contributed by atoms with Gasteiger partial charge in [0.25, 0.3) is 5.91 Å². The van der Waals surface area contributed by atoms with Crippen molar-refractivity contribution >= 4 is 33.2 Å². The number of anilines is 2. The third-order valence-electron chi connectivity index (χ3n) is 8.84. The molecule has 10 nitrogen and oxygen atoms in total. The lowest BCUT2D eigenvalue weighted by Gasteiger charge is -2.46. The predicted octanol–water partition coefficient (Wildman–Crippen LogP) is 2.00. The highest BCUT2D eigenvalue weighted by atomic mass is 32.2. The quantitative estimate of drug-likeness (QED) is 0.454. The lowest BCUT2D eigenvalue weighted by molar-refractivity contribution is -0.113. The molecule has 0 bridgehead atoms. The minimum absolute atomic E-state index is 0.246. The van der Waals surface area contributed by atoms with E-state index in [9.17, 15) is 23.1 Å². The van der Waals surface area contributed by atoms with Crippen LogP contribution in [0.1, 0.15) is 66.7 Å². The van der Waals surface area contributed by atoms with E-state index in [1.165, 1.54) is 18.4 Å². The summed E-state index contributed by atoms with van der Waals surface area (Å²) in [6.07, 6.45) is 6.37. The number of aliphatic hydroxyl groups is 1. The third-order valence-corrected chi connectivity index (χ3v) is 9.63. The molecule has 6 rings (SSSR count). The average molecular weight is 556 g/mol. The summed E-state index contributed by atoms with van der Waals surface area (Å²) in [5, 5.41) is 21.0. The SMILES string of the molecule is CC(C)(O)C1CN(c2ccc3c(c2)CC[C@@]32Cc3nn(CCC4CC4)c(NC(=O)CS(C)(=O)=O)c3C(=O)N2)C1. The summed E-state index contributed by atoms with van der Waals surface area (Å²) in [5.41, 5.74) is 3.16. The molecule has 2 fully saturated rings. The summed E-state index contributed by atoms with van der Waals surface area (Å²) in [7, 11) is -3.52. The number of carbonyl (C=O) groups is 2. The lowest BCUT2D eigenvalue weighted by atomic mass is 9.82. The van der Waals surface area contributed by atoms with Gasteiger partial charge >= 0.3 is 0 Å². The van der Waals surface area contributed by atoms with Gasteiger partial charge in [0.2, 0.25) is 5.91 Å². The van der Waals surface area contributed by atoms with Crippen molar-refractivity contribution in [3.63, 3.8) is 0 Å². The molecule has 0 radical (unpaired) electrons. The van der Waals surface area contributed by atoms with Crippen molar-refractivity contribution in [2.75, 3.05) is 35.3 Å². The highest BCUT2D eigenvalue weighted by molar-refractivity contribution is 7.91. The predicted molar refractivity (Wildman–Crippen MR) is 148 cm³/mol. The van der Waals surface area contributed by atoms with Gasteiger partial charge in [-0.05, 0) is 62.3 Å². The van der Waals surface area contributed by atoms with Gasteiger partial charge in [-0.2, -0.15) is 5.10 Å². The molecule has 1 saturated heterocycles. The Morgan fingerprint density at radius 3 is 2.69 bits per heavy atom. The molecule has 2 aromatic rings. The Kier molecular flexibility index (Phi) is 6.11. The van der Waals surface area contributed by atoms with E-state index in [4.69, 9.17) is 5.10 Å². The minimum Gasteiger partial charge on any atom is -0.390 e. The second-order valence-corrected chi connectivity index (χ2v) is 14.7. The maximum atomic E-state index is 13.6. The molecule has 1 aromatic heterocycles. The summed E-state index contributed by atoms with van der Waals surface area (Å²) in [5.74, 6) is -0.444. The molecule has 0 unspecified atom stereocenters. The Bertz CT molecular complexity index is 1450. The normalized spacial score (nSPS) is 22.9. The zero-order chi connectivity index (χ0) is 27.7. The van der Waals surface area contributed by atoms with Crippen LogP contribution >= 0.6 is 0 Å². The number of fused-ring (bicyclic) bond motifs is 3. The second-order valence-electron chi connectivity index (χ2n) is 12.6. The molecule has 2 amide bonds. The monoisotopic (exact) mass is 555 g/mol. The zero-order valence-electron chi connectivity index (χ0n) is 22.8. The van der Waals surface area contributed by atoms with Crippen molar-refractivity contribution in [3.05, 3.63) is 40.6 Å². The summed E-state index contributed by atoms with van der Waals surface area (Å²) in [4.78, 5) is 28.4. The molecule has 2 aliphatic heterocycles. The van der Waals surface area contributed by atoms with Crippen LogP contribution in [0.3, 0.4) is 0 Å². The third kappa shape index (κ3) is 5.06. The average Bonchev–Trinajstić information content (AvgIpc) is 3.47. The van der Waals surface area contributed by atoms with Gasteiger partial charge < -0.3 is 20.6 Å². The van der Waals surface area contributed by atoms with Gasteiger partial charge in [-0.15, -0.1) is 0 Å². The standard InChI is InChI=1S/C28H37N5O5S/c1-27(2,36)19-14-32(15-19)20-6-7-21-18(12-20)8-10-28(21)13-22-24(26(35)30-28)25(29-23(34)16-39(3,37)38)33(31-22)11-9-17-4-5-17/h6-7,12,17,19,36H,4-5,8-11,13-16H2,1-3H3,(H,29,34)(H,30,35)/t28-/m1/s1. The Hall–Kier alpha value is -2.92. The van der Waals surface area contributed by atoms with Gasteiger partial charge in [0.1, 0.15) is 17.1 Å². The molecule has 3 heterocycles. The number of carbonyl (C=O) groups excluding carboxylic acids is 2. The number of nitrogens with zero attached hydrogens (tertiary/aromatic N) is 3. The topological polar surface area (TPSA) is 134 Å². The van der Waals surface area contributed by atoms with E-state index in [2.05, 4.69) is 33.7 Å². The van der Waals surface area contributed by atoms with Crippen LogP contribution in [-0.2, 0) is 39.6 Å². The largest absolute Gasteiger partial charge is 0.390 e. The molecule has 2 aliphatic carbocycles. The number of sulfone groups is 1. The van der Waals surface area contributed by atoms with Crippen LogP contribution in [0.4, 0.5) is 11.5 Å². The van der Waals surface area contributed by atoms with Crippen LogP contribution in [0.2, 0.25) is 0 Å². The van der Waals surface area contributed by atoms with Crippen LogP contribution in [0.25, 0.3) is 0 Å². The first-order valence-corrected chi connectivity index (χ1v) is 15.9. The number of aryl methyl sites for hydroxylation is 2. The van der Waals surface area contributed by atoms with Crippen molar-refractivity contribution in [1.82, 2.24) is 15.1 Å². The van der Waals surface area contributed by atoms with Crippen molar-refractivity contribution in [2.45, 2.75) is 70.1 Å². The highest BCUT2D eigenvalue weighted by Gasteiger charge is 2.47. The Balaban J connectivity index is 1.27. The van der Waals surface area contributed by atoms with Gasteiger partial charge in [-0.1, -0.05) is 18.9 Å². The van der Waals surface area contributed by atoms with E-state index in [-0.39, 0.29) is 11.8 Å². The number of amides is 2. The molecule has 1 aromatic carbocycles. The molecule has 1 atom stereocenters. The Morgan fingerprint density at radius 2 is 2.03 bits per heavy atom. The summed E-state index contributed by atoms with van der Waals surface area (Å²) in [6, 6.07) is 6.41. The van der Waals surface area contributed by atoms with E-state index < -0.39 is 32.6 Å². The van der Waals surface area contributed by atoms with Gasteiger partial charge in [0, 0.05) is 43.9 Å². The molecule has 3 N–H and O–H groups in total. The first kappa shape index (κ1) is 26.3. The molecule has 39 heavy (non-hydrogen) atoms. The number of hydrogen-bond acceptors (Lipinski definition) is 7. The minimum atomic E-state index is -3.52. The first-order chi connectivity index (χ1) is 18.3. The highest BCUT2D eigenvalue weighted by Crippen LogP contribution is 2.45. The molecule has 1 spiro atoms. The van der Waals surface area contributed by atoms with E-state index in [0.29, 0.717) is 36.0 Å². The van der Waals surface area contributed by atoms with Crippen LogP contribution in [-0.4, -0.2) is 65.8 Å². The summed E-state index contributed by atoms with van der Waals surface area (Å²) < 4.78 is 25.1. The molecule has 210 valence electrons. The second kappa shape index (κ2) is 9.05. The van der Waals surface area contributed by atoms with E-state index >= 15 is 0 Å². The van der Waals surface area contributed by atoms with Crippen molar-refractivity contribution < 1.29 is 23.1 Å². The Labute approximate surface area is 229 Å². The maximum Gasteiger partial charge on any atom is 0.257 e. The summed E-state index contributed by atoms with van der Waals surface area (Å²) in [6.45, 7) is 5.92. The molecular weight excluding hydrogens is 518 g/mol. The van der Waals surface area contributed by atoms with Crippen LogP contribution in [0.15, 0.2) is 18.2 Å². The van der Waals surface area contributed by atoms with Crippen LogP contribution in [0.5, 0.6) is 0 Å². The lowest BCUT2D eigenvalue weighted by Crippen LogP contribution is -2.55. The van der Waals surface area contributed by atoms with Crippen molar-refractivity contribution in [2.24, 2.45) is 11.8 Å². The first-order valence-electron chi connectivity index (χ1n) is 13.8. The fourth-order valence-corrected chi connectivity index (χ4v) is 6.82. The number of rotatable bonds is 8. The molecule has 11 heteroatoms. The number of benzene rings is 1. The molecule has 1 saturated carbocycles. The fraction of sp³-hybridized carbons (Fsp3) is 0.607. The smallest absolute Gasteiger partial charge is 0.257 e.